The Morgan fingerprint density at radius 2 is 1.57 bits per heavy atom. The van der Waals surface area contributed by atoms with Crippen molar-refractivity contribution in [1.82, 2.24) is 10.6 Å². The lowest BCUT2D eigenvalue weighted by Crippen LogP contribution is -2.21. The van der Waals surface area contributed by atoms with Gasteiger partial charge in [-0.05, 0) is 20.5 Å². The average Bonchev–Trinajstić information content (AvgIpc) is 2.43. The summed E-state index contributed by atoms with van der Waals surface area (Å²) in [5.41, 5.74) is 0. The molecule has 0 aromatic carbocycles. The molecule has 0 heterocycles. The molecule has 1 fully saturated rings. The van der Waals surface area contributed by atoms with Crippen LogP contribution in [0.15, 0.2) is 0 Å². The molecular formula is C5H12N2. The van der Waals surface area contributed by atoms with Crippen LogP contribution in [0.4, 0.5) is 0 Å². The first-order valence-electron chi connectivity index (χ1n) is 2.73. The van der Waals surface area contributed by atoms with Gasteiger partial charge in [0.2, 0.25) is 0 Å². The van der Waals surface area contributed by atoms with Crippen molar-refractivity contribution in [2.75, 3.05) is 14.1 Å². The summed E-state index contributed by atoms with van der Waals surface area (Å²) in [5, 5.41) is 6.35. The highest BCUT2D eigenvalue weighted by Gasteiger charge is 2.33. The van der Waals surface area contributed by atoms with E-state index in [4.69, 9.17) is 0 Å². The van der Waals surface area contributed by atoms with E-state index in [1.54, 1.807) is 0 Å². The predicted octanol–water partition coefficient (Wildman–Crippen LogP) is -0.434. The summed E-state index contributed by atoms with van der Waals surface area (Å²) in [5.74, 6) is 0. The van der Waals surface area contributed by atoms with Crippen molar-refractivity contribution in [3.05, 3.63) is 0 Å². The van der Waals surface area contributed by atoms with Crippen LogP contribution in [0.25, 0.3) is 0 Å². The molecule has 1 rings (SSSR count). The summed E-state index contributed by atoms with van der Waals surface area (Å²) in [6.45, 7) is 0. The molecule has 1 aliphatic carbocycles. The van der Waals surface area contributed by atoms with Gasteiger partial charge in [-0.1, -0.05) is 0 Å². The van der Waals surface area contributed by atoms with Crippen molar-refractivity contribution < 1.29 is 0 Å². The van der Waals surface area contributed by atoms with Crippen molar-refractivity contribution in [3.8, 4) is 0 Å². The third-order valence-electron chi connectivity index (χ3n) is 1.53. The predicted molar refractivity (Wildman–Crippen MR) is 30.3 cm³/mol. The molecule has 0 spiro atoms. The van der Waals surface area contributed by atoms with E-state index < -0.39 is 0 Å². The number of hydrogen-bond acceptors (Lipinski definition) is 2. The standard InChI is InChI=1S/C5H12N2/c1-6-4-3-5(4)7-2/h4-7H,3H2,1-2H3/t4-,5?/m0/s1. The zero-order chi connectivity index (χ0) is 5.28. The SMILES string of the molecule is CNC1C[C@@H]1NC. The molecule has 0 radical (unpaired) electrons. The van der Waals surface area contributed by atoms with Gasteiger partial charge < -0.3 is 10.6 Å². The molecule has 0 bridgehead atoms. The van der Waals surface area contributed by atoms with Gasteiger partial charge in [0.15, 0.2) is 0 Å². The van der Waals surface area contributed by atoms with Gasteiger partial charge in [-0.3, -0.25) is 0 Å². The van der Waals surface area contributed by atoms with E-state index in [-0.39, 0.29) is 0 Å². The fraction of sp³-hybridized carbons (Fsp3) is 1.00. The minimum Gasteiger partial charge on any atom is -0.315 e. The van der Waals surface area contributed by atoms with Crippen molar-refractivity contribution in [2.45, 2.75) is 18.5 Å². The van der Waals surface area contributed by atoms with Gasteiger partial charge in [0.1, 0.15) is 0 Å². The van der Waals surface area contributed by atoms with Crippen LogP contribution in [0.3, 0.4) is 0 Å². The summed E-state index contributed by atoms with van der Waals surface area (Å²) in [7, 11) is 4.00. The van der Waals surface area contributed by atoms with Crippen LogP contribution in [0, 0.1) is 0 Å². The van der Waals surface area contributed by atoms with Crippen molar-refractivity contribution in [2.24, 2.45) is 0 Å². The molecule has 1 saturated carbocycles. The highest BCUT2D eigenvalue weighted by atomic mass is 15.1. The average molecular weight is 100 g/mol. The largest absolute Gasteiger partial charge is 0.315 e. The monoisotopic (exact) mass is 100 g/mol. The molecule has 1 unspecified atom stereocenters. The minimum atomic E-state index is 0.755. The minimum absolute atomic E-state index is 0.755. The quantitative estimate of drug-likeness (QED) is 0.492. The maximum Gasteiger partial charge on any atom is 0.0234 e. The van der Waals surface area contributed by atoms with Gasteiger partial charge in [-0.15, -0.1) is 0 Å². The Bertz CT molecular complexity index is 55.1. The Morgan fingerprint density at radius 1 is 1.14 bits per heavy atom. The van der Waals surface area contributed by atoms with E-state index in [0.717, 1.165) is 12.1 Å². The van der Waals surface area contributed by atoms with E-state index in [0.29, 0.717) is 0 Å². The molecule has 2 nitrogen and oxygen atoms in total. The smallest absolute Gasteiger partial charge is 0.0234 e. The van der Waals surface area contributed by atoms with Crippen LogP contribution in [0.5, 0.6) is 0 Å². The second-order valence-corrected chi connectivity index (χ2v) is 2.03. The summed E-state index contributed by atoms with van der Waals surface area (Å²) in [4.78, 5) is 0. The van der Waals surface area contributed by atoms with Crippen LogP contribution < -0.4 is 10.6 Å². The van der Waals surface area contributed by atoms with E-state index in [2.05, 4.69) is 10.6 Å². The van der Waals surface area contributed by atoms with E-state index in [1.807, 2.05) is 14.1 Å². The van der Waals surface area contributed by atoms with Crippen LogP contribution in [0.1, 0.15) is 6.42 Å². The lowest BCUT2D eigenvalue weighted by molar-refractivity contribution is 0.708. The Balaban J connectivity index is 2.06. The van der Waals surface area contributed by atoms with Crippen molar-refractivity contribution in [3.63, 3.8) is 0 Å². The van der Waals surface area contributed by atoms with Crippen LogP contribution >= 0.6 is 0 Å². The molecule has 2 atom stereocenters. The third kappa shape index (κ3) is 0.924. The maximum atomic E-state index is 3.18. The fourth-order valence-corrected chi connectivity index (χ4v) is 0.833. The van der Waals surface area contributed by atoms with Crippen LogP contribution in [-0.2, 0) is 0 Å². The highest BCUT2D eigenvalue weighted by molar-refractivity contribution is 4.97. The second-order valence-electron chi connectivity index (χ2n) is 2.03. The molecule has 1 aliphatic rings. The third-order valence-corrected chi connectivity index (χ3v) is 1.53. The first-order valence-corrected chi connectivity index (χ1v) is 2.73. The molecule has 0 aromatic rings. The number of hydrogen-bond donors (Lipinski definition) is 2. The maximum absolute atomic E-state index is 3.18. The Kier molecular flexibility index (Phi) is 1.30. The van der Waals surface area contributed by atoms with Gasteiger partial charge >= 0.3 is 0 Å². The fourth-order valence-electron chi connectivity index (χ4n) is 0.833. The molecule has 0 aromatic heterocycles. The molecule has 7 heavy (non-hydrogen) atoms. The Morgan fingerprint density at radius 3 is 1.71 bits per heavy atom. The van der Waals surface area contributed by atoms with E-state index in [9.17, 15) is 0 Å². The number of rotatable bonds is 2. The Hall–Kier alpha value is -0.0800. The van der Waals surface area contributed by atoms with Crippen LogP contribution in [0.2, 0.25) is 0 Å². The van der Waals surface area contributed by atoms with Gasteiger partial charge in [0.05, 0.1) is 0 Å². The zero-order valence-electron chi connectivity index (χ0n) is 4.86. The molecule has 2 N–H and O–H groups in total. The van der Waals surface area contributed by atoms with E-state index in [1.165, 1.54) is 6.42 Å². The molecule has 0 saturated heterocycles. The summed E-state index contributed by atoms with van der Waals surface area (Å²) >= 11 is 0. The van der Waals surface area contributed by atoms with E-state index >= 15 is 0 Å². The second kappa shape index (κ2) is 1.80. The first kappa shape index (κ1) is 5.06. The van der Waals surface area contributed by atoms with Gasteiger partial charge in [-0.2, -0.15) is 0 Å². The summed E-state index contributed by atoms with van der Waals surface area (Å²) < 4.78 is 0. The van der Waals surface area contributed by atoms with Gasteiger partial charge in [-0.25, -0.2) is 0 Å². The number of likely N-dealkylation sites (N-methyl/N-ethyl adjacent to an activating group) is 2. The lowest BCUT2D eigenvalue weighted by atomic mass is 10.6. The molecule has 0 amide bonds. The topological polar surface area (TPSA) is 24.1 Å². The zero-order valence-corrected chi connectivity index (χ0v) is 4.86. The molecule has 0 aliphatic heterocycles. The van der Waals surface area contributed by atoms with Gasteiger partial charge in [0.25, 0.3) is 0 Å². The number of nitrogens with one attached hydrogen (secondary N) is 2. The summed E-state index contributed by atoms with van der Waals surface area (Å²) in [6, 6.07) is 1.51. The van der Waals surface area contributed by atoms with Crippen molar-refractivity contribution >= 4 is 0 Å². The first-order chi connectivity index (χ1) is 3.38. The highest BCUT2D eigenvalue weighted by Crippen LogP contribution is 2.18. The van der Waals surface area contributed by atoms with Crippen LogP contribution in [-0.4, -0.2) is 26.2 Å². The van der Waals surface area contributed by atoms with Crippen molar-refractivity contribution in [1.29, 1.82) is 0 Å². The molecular weight excluding hydrogens is 88.1 g/mol. The lowest BCUT2D eigenvalue weighted by Gasteiger charge is -1.91. The Labute approximate surface area is 44.3 Å². The van der Waals surface area contributed by atoms with Gasteiger partial charge in [0, 0.05) is 12.1 Å². The molecule has 42 valence electrons. The normalized spacial score (nSPS) is 38.6. The molecule has 2 heteroatoms. The summed E-state index contributed by atoms with van der Waals surface area (Å²) in [6.07, 6.45) is 1.30.